The highest BCUT2D eigenvalue weighted by Crippen LogP contribution is 2.23. The van der Waals surface area contributed by atoms with Crippen LogP contribution in [0, 0.1) is 13.8 Å². The van der Waals surface area contributed by atoms with E-state index >= 15 is 0 Å². The Kier molecular flexibility index (Phi) is 7.50. The molecule has 0 aliphatic carbocycles. The molecule has 0 bridgehead atoms. The molecule has 0 atom stereocenters. The summed E-state index contributed by atoms with van der Waals surface area (Å²) in [6.45, 7) is 7.49. The van der Waals surface area contributed by atoms with Crippen LogP contribution in [0.2, 0.25) is 0 Å². The van der Waals surface area contributed by atoms with Crippen LogP contribution in [0.3, 0.4) is 0 Å². The van der Waals surface area contributed by atoms with E-state index in [4.69, 9.17) is 4.74 Å². The number of para-hydroxylation sites is 1. The molecule has 5 heteroatoms. The molecular formula is C23H27NO4. The Hall–Kier alpha value is -2.95. The Morgan fingerprint density at radius 1 is 1.00 bits per heavy atom. The lowest BCUT2D eigenvalue weighted by Crippen LogP contribution is -2.22. The van der Waals surface area contributed by atoms with Gasteiger partial charge < -0.3 is 10.1 Å². The van der Waals surface area contributed by atoms with Crippen molar-refractivity contribution >= 4 is 23.3 Å². The third-order valence-electron chi connectivity index (χ3n) is 4.47. The van der Waals surface area contributed by atoms with Crippen molar-refractivity contribution in [2.24, 2.45) is 0 Å². The molecule has 28 heavy (non-hydrogen) atoms. The minimum Gasteiger partial charge on any atom is -0.456 e. The van der Waals surface area contributed by atoms with Gasteiger partial charge in [0.1, 0.15) is 0 Å². The van der Waals surface area contributed by atoms with Gasteiger partial charge in [-0.05, 0) is 43.0 Å². The van der Waals surface area contributed by atoms with Gasteiger partial charge in [-0.25, -0.2) is 0 Å². The van der Waals surface area contributed by atoms with Crippen LogP contribution in [0.4, 0.5) is 5.69 Å². The fourth-order valence-electron chi connectivity index (χ4n) is 2.91. The van der Waals surface area contributed by atoms with Gasteiger partial charge in [0.15, 0.2) is 12.4 Å². The maximum Gasteiger partial charge on any atom is 0.306 e. The quantitative estimate of drug-likeness (QED) is 0.537. The summed E-state index contributed by atoms with van der Waals surface area (Å²) in [5.74, 6) is -0.808. The highest BCUT2D eigenvalue weighted by atomic mass is 16.5. The molecule has 0 heterocycles. The van der Waals surface area contributed by atoms with Crippen molar-refractivity contribution in [3.05, 3.63) is 64.7 Å². The smallest absolute Gasteiger partial charge is 0.306 e. The van der Waals surface area contributed by atoms with E-state index in [0.717, 1.165) is 16.7 Å². The van der Waals surface area contributed by atoms with E-state index in [0.29, 0.717) is 11.3 Å². The van der Waals surface area contributed by atoms with Crippen molar-refractivity contribution in [2.75, 3.05) is 11.9 Å². The van der Waals surface area contributed by atoms with Crippen LogP contribution < -0.4 is 5.32 Å². The van der Waals surface area contributed by atoms with Gasteiger partial charge in [-0.1, -0.05) is 49.7 Å². The predicted molar refractivity (Wildman–Crippen MR) is 110 cm³/mol. The van der Waals surface area contributed by atoms with Crippen molar-refractivity contribution in [3.63, 3.8) is 0 Å². The largest absolute Gasteiger partial charge is 0.456 e. The standard InChI is InChI=1S/C23H27NO4/c1-15(2)18-7-5-6-8-20(18)24-22(26)14-28-23(27)12-11-21(25)19-13-16(3)9-10-17(19)4/h5-10,13,15H,11-12,14H2,1-4H3,(H,24,26). The molecule has 0 unspecified atom stereocenters. The second-order valence-electron chi connectivity index (χ2n) is 7.19. The Morgan fingerprint density at radius 3 is 2.43 bits per heavy atom. The second kappa shape index (κ2) is 9.83. The first-order chi connectivity index (χ1) is 13.3. The number of carbonyl (C=O) groups is 3. The van der Waals surface area contributed by atoms with E-state index in [-0.39, 0.29) is 31.1 Å². The van der Waals surface area contributed by atoms with Gasteiger partial charge in [0.2, 0.25) is 0 Å². The number of hydrogen-bond donors (Lipinski definition) is 1. The van der Waals surface area contributed by atoms with Crippen molar-refractivity contribution in [1.29, 1.82) is 0 Å². The molecule has 0 aliphatic rings. The summed E-state index contributed by atoms with van der Waals surface area (Å²) in [6.07, 6.45) is 0.00298. The molecule has 2 aromatic rings. The van der Waals surface area contributed by atoms with E-state index < -0.39 is 11.9 Å². The van der Waals surface area contributed by atoms with Crippen LogP contribution in [0.5, 0.6) is 0 Å². The van der Waals surface area contributed by atoms with Crippen LogP contribution in [0.1, 0.15) is 59.7 Å². The van der Waals surface area contributed by atoms with E-state index in [1.807, 2.05) is 70.2 Å². The number of ketones is 1. The van der Waals surface area contributed by atoms with Gasteiger partial charge >= 0.3 is 5.97 Å². The van der Waals surface area contributed by atoms with Gasteiger partial charge in [0.05, 0.1) is 6.42 Å². The molecule has 0 aromatic heterocycles. The molecule has 0 radical (unpaired) electrons. The summed E-state index contributed by atoms with van der Waals surface area (Å²) < 4.78 is 5.01. The topological polar surface area (TPSA) is 72.5 Å². The minimum absolute atomic E-state index is 0.0535. The summed E-state index contributed by atoms with van der Waals surface area (Å²) in [6, 6.07) is 13.2. The zero-order valence-electron chi connectivity index (χ0n) is 16.9. The molecule has 2 aromatic carbocycles. The fraction of sp³-hybridized carbons (Fsp3) is 0.348. The molecule has 1 N–H and O–H groups in total. The van der Waals surface area contributed by atoms with Crippen LogP contribution in [0.15, 0.2) is 42.5 Å². The van der Waals surface area contributed by atoms with E-state index in [1.54, 1.807) is 0 Å². The van der Waals surface area contributed by atoms with Crippen LogP contribution >= 0.6 is 0 Å². The first-order valence-electron chi connectivity index (χ1n) is 9.42. The molecule has 5 nitrogen and oxygen atoms in total. The van der Waals surface area contributed by atoms with Crippen molar-refractivity contribution in [2.45, 2.75) is 46.5 Å². The summed E-state index contributed by atoms with van der Waals surface area (Å²) in [5, 5.41) is 2.77. The predicted octanol–water partition coefficient (Wildman–Crippen LogP) is 4.57. The molecule has 148 valence electrons. The zero-order chi connectivity index (χ0) is 20.7. The Balaban J connectivity index is 1.82. The molecule has 1 amide bonds. The van der Waals surface area contributed by atoms with Gasteiger partial charge in [0.25, 0.3) is 5.91 Å². The molecule has 0 fully saturated rings. The van der Waals surface area contributed by atoms with Crippen molar-refractivity contribution < 1.29 is 19.1 Å². The second-order valence-corrected chi connectivity index (χ2v) is 7.19. The SMILES string of the molecule is Cc1ccc(C)c(C(=O)CCC(=O)OCC(=O)Nc2ccccc2C(C)C)c1. The minimum atomic E-state index is -0.564. The van der Waals surface area contributed by atoms with Gasteiger partial charge in [0, 0.05) is 17.7 Å². The highest BCUT2D eigenvalue weighted by molar-refractivity contribution is 5.99. The van der Waals surface area contributed by atoms with Crippen LogP contribution in [-0.4, -0.2) is 24.3 Å². The maximum atomic E-state index is 12.3. The molecule has 0 aliphatic heterocycles. The molecule has 0 saturated heterocycles. The average molecular weight is 381 g/mol. The summed E-state index contributed by atoms with van der Waals surface area (Å²) in [5.41, 5.74) is 4.22. The Bertz CT molecular complexity index is 871. The van der Waals surface area contributed by atoms with Crippen molar-refractivity contribution in [3.8, 4) is 0 Å². The third-order valence-corrected chi connectivity index (χ3v) is 4.47. The third kappa shape index (κ3) is 6.05. The van der Waals surface area contributed by atoms with Gasteiger partial charge in [-0.3, -0.25) is 14.4 Å². The number of aryl methyl sites for hydroxylation is 2. The molecular weight excluding hydrogens is 354 g/mol. The summed E-state index contributed by atoms with van der Waals surface area (Å²) in [4.78, 5) is 36.3. The Morgan fingerprint density at radius 2 is 1.71 bits per heavy atom. The molecule has 0 saturated carbocycles. The first kappa shape index (κ1) is 21.4. The van der Waals surface area contributed by atoms with E-state index in [2.05, 4.69) is 5.32 Å². The monoisotopic (exact) mass is 381 g/mol. The van der Waals surface area contributed by atoms with E-state index in [9.17, 15) is 14.4 Å². The number of nitrogens with one attached hydrogen (secondary N) is 1. The summed E-state index contributed by atoms with van der Waals surface area (Å²) in [7, 11) is 0. The number of hydrogen-bond acceptors (Lipinski definition) is 4. The molecule has 2 rings (SSSR count). The first-order valence-corrected chi connectivity index (χ1v) is 9.42. The molecule has 0 spiro atoms. The normalized spacial score (nSPS) is 10.6. The number of carbonyl (C=O) groups excluding carboxylic acids is 3. The lowest BCUT2D eigenvalue weighted by molar-refractivity contribution is -0.147. The summed E-state index contributed by atoms with van der Waals surface area (Å²) >= 11 is 0. The lowest BCUT2D eigenvalue weighted by atomic mass is 9.99. The number of ether oxygens (including phenoxy) is 1. The number of esters is 1. The number of benzene rings is 2. The zero-order valence-corrected chi connectivity index (χ0v) is 16.9. The van der Waals surface area contributed by atoms with Crippen molar-refractivity contribution in [1.82, 2.24) is 0 Å². The fourth-order valence-corrected chi connectivity index (χ4v) is 2.91. The van der Waals surface area contributed by atoms with E-state index in [1.165, 1.54) is 0 Å². The number of rotatable bonds is 8. The average Bonchev–Trinajstić information content (AvgIpc) is 2.66. The number of anilines is 1. The Labute approximate surface area is 166 Å². The highest BCUT2D eigenvalue weighted by Gasteiger charge is 2.14. The van der Waals surface area contributed by atoms with Gasteiger partial charge in [-0.2, -0.15) is 0 Å². The van der Waals surface area contributed by atoms with Crippen LogP contribution in [0.25, 0.3) is 0 Å². The lowest BCUT2D eigenvalue weighted by Gasteiger charge is -2.13. The number of amides is 1. The maximum absolute atomic E-state index is 12.3. The van der Waals surface area contributed by atoms with Crippen LogP contribution in [-0.2, 0) is 14.3 Å². The van der Waals surface area contributed by atoms with Gasteiger partial charge in [-0.15, -0.1) is 0 Å². The number of Topliss-reactive ketones (excluding diaryl/α,β-unsaturated/α-hetero) is 1.